The summed E-state index contributed by atoms with van der Waals surface area (Å²) in [7, 11) is 0. The Kier molecular flexibility index (Phi) is 4.59. The fourth-order valence-electron chi connectivity index (χ4n) is 2.47. The molecule has 3 heteroatoms. The predicted octanol–water partition coefficient (Wildman–Crippen LogP) is 3.60. The van der Waals surface area contributed by atoms with Crippen LogP contribution in [0.25, 0.3) is 11.0 Å². The first kappa shape index (κ1) is 14.1. The summed E-state index contributed by atoms with van der Waals surface area (Å²) >= 11 is 0. The van der Waals surface area contributed by atoms with Gasteiger partial charge in [-0.15, -0.1) is 0 Å². The Morgan fingerprint density at radius 2 is 2.00 bits per heavy atom. The van der Waals surface area contributed by atoms with Gasteiger partial charge >= 0.3 is 0 Å². The Bertz CT molecular complexity index is 542. The van der Waals surface area contributed by atoms with Gasteiger partial charge in [-0.2, -0.15) is 0 Å². The molecule has 0 saturated heterocycles. The van der Waals surface area contributed by atoms with Crippen LogP contribution in [0.5, 0.6) is 0 Å². The Labute approximate surface area is 116 Å². The molecule has 0 aliphatic heterocycles. The van der Waals surface area contributed by atoms with Crippen LogP contribution in [0.2, 0.25) is 0 Å². The number of hydrogen-bond acceptors (Lipinski definition) is 2. The molecule has 2 aromatic rings. The molecule has 1 atom stereocenters. The van der Waals surface area contributed by atoms with E-state index in [4.69, 9.17) is 0 Å². The first-order chi connectivity index (χ1) is 9.13. The van der Waals surface area contributed by atoms with Gasteiger partial charge in [-0.3, -0.25) is 0 Å². The van der Waals surface area contributed by atoms with E-state index in [9.17, 15) is 0 Å². The second-order valence-corrected chi connectivity index (χ2v) is 5.42. The topological polar surface area (TPSA) is 29.9 Å². The highest BCUT2D eigenvalue weighted by molar-refractivity contribution is 5.77. The number of benzene rings is 1. The van der Waals surface area contributed by atoms with Crippen molar-refractivity contribution < 1.29 is 0 Å². The maximum Gasteiger partial charge on any atom is 0.0960 e. The second-order valence-electron chi connectivity index (χ2n) is 5.42. The lowest BCUT2D eigenvalue weighted by Gasteiger charge is -2.15. The zero-order chi connectivity index (χ0) is 13.8. The molecule has 0 spiro atoms. The summed E-state index contributed by atoms with van der Waals surface area (Å²) in [4.78, 5) is 4.53. The number of nitrogens with one attached hydrogen (secondary N) is 1. The lowest BCUT2D eigenvalue weighted by molar-refractivity contribution is 0.488. The molecule has 0 saturated carbocycles. The van der Waals surface area contributed by atoms with Crippen LogP contribution in [0, 0.1) is 13.8 Å². The summed E-state index contributed by atoms with van der Waals surface area (Å²) in [5.74, 6) is 0. The van der Waals surface area contributed by atoms with E-state index in [1.807, 2.05) is 6.33 Å². The van der Waals surface area contributed by atoms with Crippen LogP contribution >= 0.6 is 0 Å². The normalized spacial score (nSPS) is 13.1. The third kappa shape index (κ3) is 3.16. The number of aromatic nitrogens is 2. The molecule has 104 valence electrons. The first-order valence-corrected chi connectivity index (χ1v) is 7.28. The Hall–Kier alpha value is -1.35. The van der Waals surface area contributed by atoms with Crippen molar-refractivity contribution in [2.45, 2.75) is 46.6 Å². The smallest absolute Gasteiger partial charge is 0.0960 e. The standard InChI is InChI=1S/C16H25N3/c1-5-17-8-6-7-14(4)19-11-18-15-9-12(2)13(3)10-16(15)19/h9-11,14,17H,5-8H2,1-4H3. The maximum absolute atomic E-state index is 4.53. The molecule has 0 fully saturated rings. The molecule has 19 heavy (non-hydrogen) atoms. The van der Waals surface area contributed by atoms with E-state index in [0.717, 1.165) is 18.6 Å². The third-order valence-corrected chi connectivity index (χ3v) is 3.89. The molecule has 1 N–H and O–H groups in total. The average Bonchev–Trinajstić information content (AvgIpc) is 2.78. The van der Waals surface area contributed by atoms with Gasteiger partial charge in [0.25, 0.3) is 0 Å². The monoisotopic (exact) mass is 259 g/mol. The average molecular weight is 259 g/mol. The van der Waals surface area contributed by atoms with Crippen LogP contribution in [-0.4, -0.2) is 22.6 Å². The molecule has 0 radical (unpaired) electrons. The lowest BCUT2D eigenvalue weighted by Crippen LogP contribution is -2.15. The summed E-state index contributed by atoms with van der Waals surface area (Å²) in [6, 6.07) is 4.95. The predicted molar refractivity (Wildman–Crippen MR) is 81.7 cm³/mol. The van der Waals surface area contributed by atoms with Crippen LogP contribution in [0.3, 0.4) is 0 Å². The number of hydrogen-bond donors (Lipinski definition) is 1. The molecular formula is C16H25N3. The highest BCUT2D eigenvalue weighted by Crippen LogP contribution is 2.23. The minimum atomic E-state index is 0.505. The molecule has 2 rings (SSSR count). The van der Waals surface area contributed by atoms with Crippen molar-refractivity contribution in [3.05, 3.63) is 29.6 Å². The summed E-state index contributed by atoms with van der Waals surface area (Å²) in [6.45, 7) is 10.9. The summed E-state index contributed by atoms with van der Waals surface area (Å²) < 4.78 is 2.31. The van der Waals surface area contributed by atoms with Crippen LogP contribution in [0.1, 0.15) is 43.9 Å². The van der Waals surface area contributed by atoms with Crippen LogP contribution < -0.4 is 5.32 Å². The van der Waals surface area contributed by atoms with Crippen molar-refractivity contribution in [2.24, 2.45) is 0 Å². The molecular weight excluding hydrogens is 234 g/mol. The lowest BCUT2D eigenvalue weighted by atomic mass is 10.1. The van der Waals surface area contributed by atoms with Crippen molar-refractivity contribution >= 4 is 11.0 Å². The van der Waals surface area contributed by atoms with E-state index in [1.54, 1.807) is 0 Å². The SMILES string of the molecule is CCNCCCC(C)n1cnc2cc(C)c(C)cc21. The highest BCUT2D eigenvalue weighted by atomic mass is 15.1. The van der Waals surface area contributed by atoms with Crippen molar-refractivity contribution in [3.63, 3.8) is 0 Å². The van der Waals surface area contributed by atoms with Gasteiger partial charge in [0.2, 0.25) is 0 Å². The van der Waals surface area contributed by atoms with E-state index in [-0.39, 0.29) is 0 Å². The molecule has 3 nitrogen and oxygen atoms in total. The Morgan fingerprint density at radius 1 is 1.26 bits per heavy atom. The van der Waals surface area contributed by atoms with E-state index < -0.39 is 0 Å². The molecule has 0 bridgehead atoms. The molecule has 1 aromatic carbocycles. The van der Waals surface area contributed by atoms with E-state index >= 15 is 0 Å². The van der Waals surface area contributed by atoms with Crippen molar-refractivity contribution in [1.82, 2.24) is 14.9 Å². The van der Waals surface area contributed by atoms with E-state index in [1.165, 1.54) is 29.5 Å². The zero-order valence-electron chi connectivity index (χ0n) is 12.5. The fourth-order valence-corrected chi connectivity index (χ4v) is 2.47. The minimum Gasteiger partial charge on any atom is -0.328 e. The van der Waals surface area contributed by atoms with Gasteiger partial charge in [-0.25, -0.2) is 4.98 Å². The Balaban J connectivity index is 2.13. The molecule has 1 unspecified atom stereocenters. The largest absolute Gasteiger partial charge is 0.328 e. The Morgan fingerprint density at radius 3 is 2.74 bits per heavy atom. The third-order valence-electron chi connectivity index (χ3n) is 3.89. The molecule has 0 amide bonds. The van der Waals surface area contributed by atoms with Crippen molar-refractivity contribution in [1.29, 1.82) is 0 Å². The molecule has 0 aliphatic carbocycles. The highest BCUT2D eigenvalue weighted by Gasteiger charge is 2.10. The van der Waals surface area contributed by atoms with Crippen LogP contribution in [-0.2, 0) is 0 Å². The van der Waals surface area contributed by atoms with Crippen LogP contribution in [0.4, 0.5) is 0 Å². The van der Waals surface area contributed by atoms with Crippen molar-refractivity contribution in [3.8, 4) is 0 Å². The van der Waals surface area contributed by atoms with Gasteiger partial charge in [0.05, 0.1) is 17.4 Å². The summed E-state index contributed by atoms with van der Waals surface area (Å²) in [5, 5.41) is 3.38. The minimum absolute atomic E-state index is 0.505. The first-order valence-electron chi connectivity index (χ1n) is 7.28. The van der Waals surface area contributed by atoms with Gasteiger partial charge in [0.1, 0.15) is 0 Å². The van der Waals surface area contributed by atoms with Gasteiger partial charge < -0.3 is 9.88 Å². The number of aryl methyl sites for hydroxylation is 2. The summed E-state index contributed by atoms with van der Waals surface area (Å²) in [5.41, 5.74) is 5.03. The number of imidazole rings is 1. The number of rotatable bonds is 6. The quantitative estimate of drug-likeness (QED) is 0.803. The van der Waals surface area contributed by atoms with Gasteiger partial charge in [-0.05, 0) is 70.0 Å². The van der Waals surface area contributed by atoms with Gasteiger partial charge in [0, 0.05) is 6.04 Å². The zero-order valence-corrected chi connectivity index (χ0v) is 12.5. The molecule has 1 aromatic heterocycles. The molecule has 0 aliphatic rings. The molecule has 1 heterocycles. The van der Waals surface area contributed by atoms with Gasteiger partial charge in [-0.1, -0.05) is 6.92 Å². The second kappa shape index (κ2) is 6.20. The van der Waals surface area contributed by atoms with Gasteiger partial charge in [0.15, 0.2) is 0 Å². The van der Waals surface area contributed by atoms with E-state index in [2.05, 4.69) is 54.7 Å². The summed E-state index contributed by atoms with van der Waals surface area (Å²) in [6.07, 6.45) is 4.38. The number of fused-ring (bicyclic) bond motifs is 1. The van der Waals surface area contributed by atoms with Crippen molar-refractivity contribution in [2.75, 3.05) is 13.1 Å². The van der Waals surface area contributed by atoms with E-state index in [0.29, 0.717) is 6.04 Å². The maximum atomic E-state index is 4.53. The number of nitrogens with zero attached hydrogens (tertiary/aromatic N) is 2. The fraction of sp³-hybridized carbons (Fsp3) is 0.562. The van der Waals surface area contributed by atoms with Crippen LogP contribution in [0.15, 0.2) is 18.5 Å².